The number of likely N-dealkylation sites (tertiary alicyclic amines) is 1. The van der Waals surface area contributed by atoms with Gasteiger partial charge in [0.15, 0.2) is 0 Å². The van der Waals surface area contributed by atoms with Crippen LogP contribution in [0.1, 0.15) is 50.8 Å². The van der Waals surface area contributed by atoms with Gasteiger partial charge in [0.1, 0.15) is 6.04 Å². The average Bonchev–Trinajstić information content (AvgIpc) is 3.24. The molecule has 1 N–H and O–H groups in total. The summed E-state index contributed by atoms with van der Waals surface area (Å²) in [4.78, 5) is 44.2. The Morgan fingerprint density at radius 2 is 1.12 bits per heavy atom. The van der Waals surface area contributed by atoms with Crippen LogP contribution in [0.5, 0.6) is 0 Å². The van der Waals surface area contributed by atoms with Crippen molar-refractivity contribution in [2.75, 3.05) is 5.32 Å². The van der Waals surface area contributed by atoms with E-state index in [9.17, 15) is 14.4 Å². The van der Waals surface area contributed by atoms with Crippen molar-refractivity contribution in [2.45, 2.75) is 38.1 Å². The Labute approximate surface area is 233 Å². The molecule has 4 aromatic carbocycles. The second-order valence-electron chi connectivity index (χ2n) is 11.3. The van der Waals surface area contributed by atoms with Crippen molar-refractivity contribution in [3.8, 4) is 0 Å². The van der Waals surface area contributed by atoms with Gasteiger partial charge in [-0.1, -0.05) is 97.1 Å². The van der Waals surface area contributed by atoms with Crippen molar-refractivity contribution < 1.29 is 14.4 Å². The molecule has 2 bridgehead atoms. The van der Waals surface area contributed by atoms with Gasteiger partial charge in [-0.15, -0.1) is 0 Å². The zero-order valence-corrected chi connectivity index (χ0v) is 22.5. The molecule has 3 atom stereocenters. The van der Waals surface area contributed by atoms with Gasteiger partial charge < -0.3 is 5.32 Å². The molecule has 0 saturated carbocycles. The molecule has 5 heteroatoms. The van der Waals surface area contributed by atoms with Gasteiger partial charge >= 0.3 is 0 Å². The highest BCUT2D eigenvalue weighted by molar-refractivity contribution is 6.12. The molecule has 0 aromatic heterocycles. The monoisotopic (exact) mass is 526 g/mol. The predicted molar refractivity (Wildman–Crippen MR) is 154 cm³/mol. The van der Waals surface area contributed by atoms with Crippen LogP contribution in [0.2, 0.25) is 0 Å². The lowest BCUT2D eigenvalue weighted by Crippen LogP contribution is -2.49. The molecular formula is C35H30N2O3. The zero-order chi connectivity index (χ0) is 27.5. The molecule has 1 fully saturated rings. The molecule has 40 heavy (non-hydrogen) atoms. The van der Waals surface area contributed by atoms with Gasteiger partial charge in [-0.25, -0.2) is 0 Å². The first kappa shape index (κ1) is 24.5. The number of rotatable bonds is 5. The van der Waals surface area contributed by atoms with E-state index < -0.39 is 17.9 Å². The van der Waals surface area contributed by atoms with Crippen molar-refractivity contribution in [3.63, 3.8) is 0 Å². The molecule has 3 amide bonds. The minimum Gasteiger partial charge on any atom is -0.324 e. The molecule has 1 saturated heterocycles. The largest absolute Gasteiger partial charge is 0.324 e. The Balaban J connectivity index is 1.32. The number of carbonyl (C=O) groups is 3. The van der Waals surface area contributed by atoms with Gasteiger partial charge in [-0.2, -0.15) is 0 Å². The van der Waals surface area contributed by atoms with Gasteiger partial charge in [0.25, 0.3) is 0 Å². The summed E-state index contributed by atoms with van der Waals surface area (Å²) in [6.07, 6.45) is 0.254. The van der Waals surface area contributed by atoms with Crippen LogP contribution in [0.3, 0.4) is 0 Å². The smallest absolute Gasteiger partial charge is 0.248 e. The number of amides is 3. The van der Waals surface area contributed by atoms with Crippen molar-refractivity contribution in [3.05, 3.63) is 136 Å². The molecule has 198 valence electrons. The van der Waals surface area contributed by atoms with Gasteiger partial charge in [-0.05, 0) is 52.8 Å². The molecule has 1 heterocycles. The van der Waals surface area contributed by atoms with E-state index in [4.69, 9.17) is 0 Å². The quantitative estimate of drug-likeness (QED) is 0.337. The maximum Gasteiger partial charge on any atom is 0.248 e. The number of imide groups is 1. The minimum absolute atomic E-state index is 0.206. The summed E-state index contributed by atoms with van der Waals surface area (Å²) in [5, 5.41) is 3.09. The van der Waals surface area contributed by atoms with Crippen LogP contribution in [-0.4, -0.2) is 28.7 Å². The highest BCUT2D eigenvalue weighted by atomic mass is 16.2. The summed E-state index contributed by atoms with van der Waals surface area (Å²) in [7, 11) is 0. The highest BCUT2D eigenvalue weighted by Crippen LogP contribution is 2.61. The van der Waals surface area contributed by atoms with Crippen LogP contribution in [0, 0.1) is 25.7 Å². The van der Waals surface area contributed by atoms with E-state index in [1.807, 2.05) is 86.6 Å². The second-order valence-corrected chi connectivity index (χ2v) is 11.3. The number of hydrogen-bond donors (Lipinski definition) is 1. The summed E-state index contributed by atoms with van der Waals surface area (Å²) in [5.41, 5.74) is 7.97. The molecule has 1 aliphatic heterocycles. The summed E-state index contributed by atoms with van der Waals surface area (Å²) < 4.78 is 0. The van der Waals surface area contributed by atoms with Crippen LogP contribution in [0.4, 0.5) is 5.69 Å². The molecule has 8 rings (SSSR count). The predicted octanol–water partition coefficient (Wildman–Crippen LogP) is 5.75. The maximum atomic E-state index is 14.4. The second kappa shape index (κ2) is 9.30. The van der Waals surface area contributed by atoms with Crippen molar-refractivity contribution in [2.24, 2.45) is 11.8 Å². The number of hydrogen-bond acceptors (Lipinski definition) is 3. The summed E-state index contributed by atoms with van der Waals surface area (Å²) >= 11 is 0. The number of nitrogens with one attached hydrogen (secondary N) is 1. The number of para-hydroxylation sites is 1. The average molecular weight is 527 g/mol. The lowest BCUT2D eigenvalue weighted by atomic mass is 9.55. The maximum absolute atomic E-state index is 14.4. The first-order chi connectivity index (χ1) is 19.5. The third-order valence-corrected chi connectivity index (χ3v) is 9.10. The molecule has 4 aromatic rings. The summed E-state index contributed by atoms with van der Waals surface area (Å²) in [5.74, 6) is -2.28. The van der Waals surface area contributed by atoms with Gasteiger partial charge in [0, 0.05) is 23.9 Å². The van der Waals surface area contributed by atoms with E-state index in [0.717, 1.165) is 44.6 Å². The zero-order valence-electron chi connectivity index (χ0n) is 22.5. The fourth-order valence-electron chi connectivity index (χ4n) is 7.36. The molecular weight excluding hydrogens is 496 g/mol. The molecule has 4 aliphatic rings. The number of anilines is 1. The SMILES string of the molecule is Cc1cccc(C)c1NC(=O)C(Cc1ccccc1)N1C(=O)C2C3c4ccccc4C(c4ccccc43)C2C1=O. The Bertz CT molecular complexity index is 1540. The third kappa shape index (κ3) is 3.57. The van der Waals surface area contributed by atoms with E-state index in [0.29, 0.717) is 0 Å². The van der Waals surface area contributed by atoms with Crippen molar-refractivity contribution in [1.82, 2.24) is 4.90 Å². The topological polar surface area (TPSA) is 66.5 Å². The van der Waals surface area contributed by atoms with Crippen LogP contribution < -0.4 is 5.32 Å². The van der Waals surface area contributed by atoms with Gasteiger partial charge in [-0.3, -0.25) is 19.3 Å². The Hall–Kier alpha value is -4.51. The van der Waals surface area contributed by atoms with Crippen LogP contribution in [0.25, 0.3) is 0 Å². The standard InChI is InChI=1S/C35H30N2O3/c1-20-11-10-12-21(2)32(20)36-33(38)27(19-22-13-4-3-5-14-22)37-34(39)30-28-23-15-6-7-16-24(23)29(31(30)35(37)40)26-18-9-8-17-25(26)28/h3-18,27-31H,19H2,1-2H3,(H,36,38). The number of aryl methyl sites for hydroxylation is 2. The number of benzene rings is 4. The lowest BCUT2D eigenvalue weighted by molar-refractivity contribution is -0.146. The molecule has 3 aliphatic carbocycles. The molecule has 0 spiro atoms. The fourth-order valence-corrected chi connectivity index (χ4v) is 7.36. The molecule has 5 nitrogen and oxygen atoms in total. The first-order valence-corrected chi connectivity index (χ1v) is 13.9. The van der Waals surface area contributed by atoms with E-state index in [1.54, 1.807) is 0 Å². The van der Waals surface area contributed by atoms with E-state index >= 15 is 0 Å². The van der Waals surface area contributed by atoms with Crippen LogP contribution in [0.15, 0.2) is 97.1 Å². The van der Waals surface area contributed by atoms with Crippen molar-refractivity contribution in [1.29, 1.82) is 0 Å². The normalized spacial score (nSPS) is 22.9. The van der Waals surface area contributed by atoms with E-state index in [1.165, 1.54) is 4.90 Å². The van der Waals surface area contributed by atoms with Gasteiger partial charge in [0.05, 0.1) is 11.8 Å². The minimum atomic E-state index is -0.961. The molecule has 3 unspecified atom stereocenters. The Morgan fingerprint density at radius 3 is 1.60 bits per heavy atom. The van der Waals surface area contributed by atoms with E-state index in [2.05, 4.69) is 29.6 Å². The Kier molecular flexibility index (Phi) is 5.70. The summed E-state index contributed by atoms with van der Waals surface area (Å²) in [6.45, 7) is 3.89. The van der Waals surface area contributed by atoms with E-state index in [-0.39, 0.29) is 36.0 Å². The number of carbonyl (C=O) groups excluding carboxylic acids is 3. The lowest BCUT2D eigenvalue weighted by Gasteiger charge is -2.45. The first-order valence-electron chi connectivity index (χ1n) is 13.9. The summed E-state index contributed by atoms with van der Waals surface area (Å²) in [6, 6.07) is 30.9. The Morgan fingerprint density at radius 1 is 0.675 bits per heavy atom. The van der Waals surface area contributed by atoms with Gasteiger partial charge in [0.2, 0.25) is 17.7 Å². The third-order valence-electron chi connectivity index (χ3n) is 9.10. The highest BCUT2D eigenvalue weighted by Gasteiger charge is 2.63. The molecule has 0 radical (unpaired) electrons. The van der Waals surface area contributed by atoms with Crippen LogP contribution in [-0.2, 0) is 20.8 Å². The van der Waals surface area contributed by atoms with Crippen molar-refractivity contribution >= 4 is 23.4 Å². The fraction of sp³-hybridized carbons (Fsp3) is 0.229. The number of nitrogens with zero attached hydrogens (tertiary/aromatic N) is 1. The van der Waals surface area contributed by atoms with Crippen LogP contribution >= 0.6 is 0 Å².